The van der Waals surface area contributed by atoms with Crippen LogP contribution in [0.25, 0.3) is 0 Å². The zero-order valence-electron chi connectivity index (χ0n) is 10.8. The summed E-state index contributed by atoms with van der Waals surface area (Å²) in [7, 11) is 1.54. The lowest BCUT2D eigenvalue weighted by Gasteiger charge is -2.17. The molecule has 1 unspecified atom stereocenters. The van der Waals surface area contributed by atoms with Crippen molar-refractivity contribution >= 4 is 27.5 Å². The number of hydrogen-bond acceptors (Lipinski definition) is 4. The van der Waals surface area contributed by atoms with Crippen molar-refractivity contribution < 1.29 is 9.53 Å². The van der Waals surface area contributed by atoms with Crippen LogP contribution in [0.1, 0.15) is 11.6 Å². The fourth-order valence-corrected chi connectivity index (χ4v) is 1.98. The SMILES string of the molecule is COc1ccc(C(Nc2ccc(Br)cc2)C(N)=O)cn1. The molecule has 0 radical (unpaired) electrons. The Morgan fingerprint density at radius 1 is 1.30 bits per heavy atom. The third kappa shape index (κ3) is 3.48. The third-order valence-corrected chi connectivity index (χ3v) is 3.27. The van der Waals surface area contributed by atoms with Gasteiger partial charge in [-0.1, -0.05) is 15.9 Å². The number of carbonyl (C=O) groups is 1. The molecule has 0 saturated heterocycles. The van der Waals surface area contributed by atoms with Crippen molar-refractivity contribution in [2.24, 2.45) is 5.73 Å². The van der Waals surface area contributed by atoms with Crippen LogP contribution in [0.3, 0.4) is 0 Å². The molecule has 2 rings (SSSR count). The van der Waals surface area contributed by atoms with E-state index in [4.69, 9.17) is 10.5 Å². The first kappa shape index (κ1) is 14.3. The second-order valence-electron chi connectivity index (χ2n) is 4.12. The lowest BCUT2D eigenvalue weighted by Crippen LogP contribution is -2.27. The number of nitrogens with two attached hydrogens (primary N) is 1. The maximum Gasteiger partial charge on any atom is 0.244 e. The molecular formula is C14H14BrN3O2. The van der Waals surface area contributed by atoms with Gasteiger partial charge in [0.05, 0.1) is 7.11 Å². The fraction of sp³-hybridized carbons (Fsp3) is 0.143. The summed E-state index contributed by atoms with van der Waals surface area (Å²) in [4.78, 5) is 15.7. The predicted molar refractivity (Wildman–Crippen MR) is 80.5 cm³/mol. The summed E-state index contributed by atoms with van der Waals surface area (Å²) >= 11 is 3.36. The largest absolute Gasteiger partial charge is 0.481 e. The second-order valence-corrected chi connectivity index (χ2v) is 5.04. The normalized spacial score (nSPS) is 11.7. The first-order valence-electron chi connectivity index (χ1n) is 5.91. The van der Waals surface area contributed by atoms with Crippen LogP contribution in [0.5, 0.6) is 5.88 Å². The monoisotopic (exact) mass is 335 g/mol. The summed E-state index contributed by atoms with van der Waals surface area (Å²) in [6.07, 6.45) is 1.57. The Morgan fingerprint density at radius 3 is 2.50 bits per heavy atom. The van der Waals surface area contributed by atoms with E-state index in [-0.39, 0.29) is 0 Å². The number of nitrogens with zero attached hydrogens (tertiary/aromatic N) is 1. The van der Waals surface area contributed by atoms with Crippen LogP contribution in [0.2, 0.25) is 0 Å². The smallest absolute Gasteiger partial charge is 0.244 e. The Hall–Kier alpha value is -2.08. The van der Waals surface area contributed by atoms with Crippen LogP contribution < -0.4 is 15.8 Å². The molecular weight excluding hydrogens is 322 g/mol. The van der Waals surface area contributed by atoms with Gasteiger partial charge < -0.3 is 15.8 Å². The Labute approximate surface area is 125 Å². The van der Waals surface area contributed by atoms with Gasteiger partial charge in [0, 0.05) is 28.0 Å². The van der Waals surface area contributed by atoms with Crippen molar-refractivity contribution in [3.05, 3.63) is 52.6 Å². The van der Waals surface area contributed by atoms with E-state index >= 15 is 0 Å². The molecule has 6 heteroatoms. The number of carbonyl (C=O) groups excluding carboxylic acids is 1. The minimum absolute atomic E-state index is 0.472. The summed E-state index contributed by atoms with van der Waals surface area (Å²) in [5.74, 6) is 0.0143. The molecule has 0 fully saturated rings. The number of aromatic nitrogens is 1. The molecule has 0 aliphatic heterocycles. The zero-order valence-corrected chi connectivity index (χ0v) is 12.4. The van der Waals surface area contributed by atoms with E-state index in [9.17, 15) is 4.79 Å². The van der Waals surface area contributed by atoms with Crippen molar-refractivity contribution in [1.29, 1.82) is 0 Å². The Morgan fingerprint density at radius 2 is 2.00 bits per heavy atom. The number of anilines is 1. The van der Waals surface area contributed by atoms with Gasteiger partial charge in [0.25, 0.3) is 0 Å². The molecule has 1 amide bonds. The van der Waals surface area contributed by atoms with Crippen molar-refractivity contribution in [3.8, 4) is 5.88 Å². The van der Waals surface area contributed by atoms with Crippen LogP contribution in [0.15, 0.2) is 47.1 Å². The molecule has 3 N–H and O–H groups in total. The number of rotatable bonds is 5. The highest BCUT2D eigenvalue weighted by Crippen LogP contribution is 2.21. The molecule has 1 aromatic carbocycles. The predicted octanol–water partition coefficient (Wildman–Crippen LogP) is 2.49. The first-order chi connectivity index (χ1) is 9.60. The topological polar surface area (TPSA) is 77.2 Å². The van der Waals surface area contributed by atoms with Crippen LogP contribution in [0, 0.1) is 0 Å². The van der Waals surface area contributed by atoms with Crippen molar-refractivity contribution in [1.82, 2.24) is 4.98 Å². The number of methoxy groups -OCH3 is 1. The molecule has 20 heavy (non-hydrogen) atoms. The molecule has 0 saturated carbocycles. The van der Waals surface area contributed by atoms with Crippen molar-refractivity contribution in [2.45, 2.75) is 6.04 Å². The van der Waals surface area contributed by atoms with Crippen molar-refractivity contribution in [3.63, 3.8) is 0 Å². The number of halogens is 1. The van der Waals surface area contributed by atoms with Gasteiger partial charge in [-0.25, -0.2) is 4.98 Å². The van der Waals surface area contributed by atoms with E-state index in [1.165, 1.54) is 7.11 Å². The van der Waals surface area contributed by atoms with Gasteiger partial charge >= 0.3 is 0 Å². The number of nitrogens with one attached hydrogen (secondary N) is 1. The highest BCUT2D eigenvalue weighted by atomic mass is 79.9. The van der Waals surface area contributed by atoms with E-state index in [2.05, 4.69) is 26.2 Å². The van der Waals surface area contributed by atoms with Crippen LogP contribution >= 0.6 is 15.9 Å². The Kier molecular flexibility index (Phi) is 4.57. The molecule has 1 atom stereocenters. The minimum atomic E-state index is -0.644. The number of ether oxygens (including phenoxy) is 1. The Balaban J connectivity index is 2.22. The second kappa shape index (κ2) is 6.38. The number of benzene rings is 1. The van der Waals surface area contributed by atoms with Gasteiger partial charge in [-0.3, -0.25) is 4.79 Å². The van der Waals surface area contributed by atoms with Crippen LogP contribution in [-0.4, -0.2) is 18.0 Å². The molecule has 0 bridgehead atoms. The molecule has 104 valence electrons. The molecule has 0 spiro atoms. The standard InChI is InChI=1S/C14H14BrN3O2/c1-20-12-7-2-9(8-17-12)13(14(16)19)18-11-5-3-10(15)4-6-11/h2-8,13,18H,1H3,(H2,16,19). The third-order valence-electron chi connectivity index (χ3n) is 2.74. The number of primary amides is 1. The van der Waals surface area contributed by atoms with Crippen LogP contribution in [-0.2, 0) is 4.79 Å². The van der Waals surface area contributed by atoms with E-state index in [1.54, 1.807) is 18.3 Å². The minimum Gasteiger partial charge on any atom is -0.481 e. The van der Waals surface area contributed by atoms with Crippen molar-refractivity contribution in [2.75, 3.05) is 12.4 Å². The maximum absolute atomic E-state index is 11.6. The molecule has 5 nitrogen and oxygen atoms in total. The average molecular weight is 336 g/mol. The Bertz CT molecular complexity index is 584. The summed E-state index contributed by atoms with van der Waals surface area (Å²) in [6, 6.07) is 10.3. The summed E-state index contributed by atoms with van der Waals surface area (Å²) < 4.78 is 5.95. The van der Waals surface area contributed by atoms with Gasteiger partial charge in [-0.2, -0.15) is 0 Å². The summed E-state index contributed by atoms with van der Waals surface area (Å²) in [5.41, 5.74) is 6.93. The van der Waals surface area contributed by atoms with E-state index in [1.807, 2.05) is 24.3 Å². The fourth-order valence-electron chi connectivity index (χ4n) is 1.71. The molecule has 2 aromatic rings. The maximum atomic E-state index is 11.6. The van der Waals surface area contributed by atoms with Crippen LogP contribution in [0.4, 0.5) is 5.69 Å². The van der Waals surface area contributed by atoms with Gasteiger partial charge in [0.15, 0.2) is 0 Å². The average Bonchev–Trinajstić information content (AvgIpc) is 2.46. The van der Waals surface area contributed by atoms with Gasteiger partial charge in [-0.15, -0.1) is 0 Å². The number of pyridine rings is 1. The first-order valence-corrected chi connectivity index (χ1v) is 6.71. The lowest BCUT2D eigenvalue weighted by molar-refractivity contribution is -0.118. The van der Waals surface area contributed by atoms with Gasteiger partial charge in [0.2, 0.25) is 11.8 Å². The van der Waals surface area contributed by atoms with E-state index in [0.29, 0.717) is 11.4 Å². The molecule has 1 heterocycles. The molecule has 0 aliphatic carbocycles. The quantitative estimate of drug-likeness (QED) is 0.879. The van der Waals surface area contributed by atoms with Gasteiger partial charge in [0.1, 0.15) is 6.04 Å². The van der Waals surface area contributed by atoms with Gasteiger partial charge in [-0.05, 0) is 30.3 Å². The van der Waals surface area contributed by atoms with E-state index < -0.39 is 11.9 Å². The number of hydrogen-bond donors (Lipinski definition) is 2. The van der Waals surface area contributed by atoms with E-state index in [0.717, 1.165) is 10.2 Å². The highest BCUT2D eigenvalue weighted by Gasteiger charge is 2.18. The lowest BCUT2D eigenvalue weighted by atomic mass is 10.1. The molecule has 0 aliphatic rings. The summed E-state index contributed by atoms with van der Waals surface area (Å²) in [6.45, 7) is 0. The summed E-state index contributed by atoms with van der Waals surface area (Å²) in [5, 5.41) is 3.08. The molecule has 1 aromatic heterocycles. The zero-order chi connectivity index (χ0) is 14.5. The number of amides is 1. The highest BCUT2D eigenvalue weighted by molar-refractivity contribution is 9.10.